The summed E-state index contributed by atoms with van der Waals surface area (Å²) in [5, 5.41) is 21.8. The Kier molecular flexibility index (Phi) is 4.30. The molecule has 3 rings (SSSR count). The third-order valence-corrected chi connectivity index (χ3v) is 3.77. The molecular formula is C18H16N4O3. The maximum absolute atomic E-state index is 12.2. The predicted molar refractivity (Wildman–Crippen MR) is 92.5 cm³/mol. The Bertz CT molecular complexity index is 940. The molecular weight excluding hydrogens is 320 g/mol. The Hall–Kier alpha value is -3.48. The Morgan fingerprint density at radius 2 is 1.76 bits per heavy atom. The minimum Gasteiger partial charge on any atom is -0.504 e. The van der Waals surface area contributed by atoms with E-state index in [9.17, 15) is 15.0 Å². The minimum absolute atomic E-state index is 0.190. The van der Waals surface area contributed by atoms with Crippen molar-refractivity contribution in [3.05, 3.63) is 59.7 Å². The Morgan fingerprint density at radius 1 is 1.00 bits per heavy atom. The molecule has 7 nitrogen and oxygen atoms in total. The van der Waals surface area contributed by atoms with Gasteiger partial charge in [0.25, 0.3) is 5.91 Å². The van der Waals surface area contributed by atoms with Crippen molar-refractivity contribution in [3.8, 4) is 22.8 Å². The van der Waals surface area contributed by atoms with Gasteiger partial charge >= 0.3 is 0 Å². The van der Waals surface area contributed by atoms with Gasteiger partial charge in [-0.2, -0.15) is 0 Å². The predicted octanol–water partition coefficient (Wildman–Crippen LogP) is 2.82. The van der Waals surface area contributed by atoms with E-state index in [2.05, 4.69) is 20.3 Å². The molecule has 0 fully saturated rings. The number of amides is 1. The van der Waals surface area contributed by atoms with E-state index in [1.54, 1.807) is 19.2 Å². The van der Waals surface area contributed by atoms with E-state index in [0.29, 0.717) is 22.6 Å². The zero-order valence-electron chi connectivity index (χ0n) is 13.7. The standard InChI is InChI=1S/C18H16N4O3/c1-10-3-4-19-7-13(10)18(25)22-17-9-20-14(8-21-17)12-6-16(24)15(23)5-11(12)2/h3-9,23-24H,1-2H3,(H,21,22,25). The number of aromatic hydroxyl groups is 2. The maximum atomic E-state index is 12.2. The molecule has 0 unspecified atom stereocenters. The second-order valence-corrected chi connectivity index (χ2v) is 5.59. The third-order valence-electron chi connectivity index (χ3n) is 3.77. The maximum Gasteiger partial charge on any atom is 0.258 e. The lowest BCUT2D eigenvalue weighted by atomic mass is 10.1. The zero-order chi connectivity index (χ0) is 18.0. The number of anilines is 1. The molecule has 0 radical (unpaired) electrons. The van der Waals surface area contributed by atoms with Crippen molar-refractivity contribution in [2.45, 2.75) is 13.8 Å². The van der Waals surface area contributed by atoms with Crippen molar-refractivity contribution in [3.63, 3.8) is 0 Å². The number of aryl methyl sites for hydroxylation is 2. The van der Waals surface area contributed by atoms with Gasteiger partial charge < -0.3 is 15.5 Å². The van der Waals surface area contributed by atoms with E-state index < -0.39 is 0 Å². The normalized spacial score (nSPS) is 10.5. The number of hydrogen-bond donors (Lipinski definition) is 3. The van der Waals surface area contributed by atoms with Crippen LogP contribution in [0.25, 0.3) is 11.3 Å². The van der Waals surface area contributed by atoms with Gasteiger partial charge in [-0.15, -0.1) is 0 Å². The molecule has 0 aliphatic heterocycles. The van der Waals surface area contributed by atoms with Crippen LogP contribution in [-0.4, -0.2) is 31.1 Å². The summed E-state index contributed by atoms with van der Waals surface area (Å²) in [6, 6.07) is 4.63. The van der Waals surface area contributed by atoms with Crippen molar-refractivity contribution in [1.82, 2.24) is 15.0 Å². The van der Waals surface area contributed by atoms with Crippen LogP contribution < -0.4 is 5.32 Å². The summed E-state index contributed by atoms with van der Waals surface area (Å²) < 4.78 is 0. The molecule has 0 aliphatic rings. The van der Waals surface area contributed by atoms with E-state index in [1.807, 2.05) is 6.92 Å². The molecule has 0 saturated carbocycles. The van der Waals surface area contributed by atoms with Gasteiger partial charge in [0.05, 0.1) is 23.7 Å². The summed E-state index contributed by atoms with van der Waals surface area (Å²) in [5.74, 6) is -0.430. The fourth-order valence-corrected chi connectivity index (χ4v) is 2.37. The number of carbonyl (C=O) groups excluding carboxylic acids is 1. The molecule has 2 heterocycles. The number of nitrogens with zero attached hydrogens (tertiary/aromatic N) is 3. The van der Waals surface area contributed by atoms with Crippen LogP contribution in [0.1, 0.15) is 21.5 Å². The molecule has 0 spiro atoms. The van der Waals surface area contributed by atoms with Crippen LogP contribution in [0.5, 0.6) is 11.5 Å². The number of phenols is 2. The van der Waals surface area contributed by atoms with E-state index in [0.717, 1.165) is 11.1 Å². The second-order valence-electron chi connectivity index (χ2n) is 5.59. The fourth-order valence-electron chi connectivity index (χ4n) is 2.37. The summed E-state index contributed by atoms with van der Waals surface area (Å²) in [5.41, 5.74) is 3.18. The number of phenolic OH excluding ortho intramolecular Hbond substituents is 2. The smallest absolute Gasteiger partial charge is 0.258 e. The highest BCUT2D eigenvalue weighted by atomic mass is 16.3. The highest BCUT2D eigenvalue weighted by Crippen LogP contribution is 2.32. The first-order valence-electron chi connectivity index (χ1n) is 7.52. The van der Waals surface area contributed by atoms with Crippen molar-refractivity contribution >= 4 is 11.7 Å². The van der Waals surface area contributed by atoms with Gasteiger partial charge in [-0.1, -0.05) is 0 Å². The highest BCUT2D eigenvalue weighted by Gasteiger charge is 2.12. The first-order chi connectivity index (χ1) is 12.0. The number of aromatic nitrogens is 3. The highest BCUT2D eigenvalue weighted by molar-refractivity contribution is 6.04. The molecule has 0 bridgehead atoms. The summed E-state index contributed by atoms with van der Waals surface area (Å²) in [7, 11) is 0. The van der Waals surface area contributed by atoms with Crippen LogP contribution in [0, 0.1) is 13.8 Å². The Labute approximate surface area is 144 Å². The van der Waals surface area contributed by atoms with Gasteiger partial charge in [0, 0.05) is 18.0 Å². The molecule has 0 saturated heterocycles. The summed E-state index contributed by atoms with van der Waals surface area (Å²) in [6.45, 7) is 3.61. The topological polar surface area (TPSA) is 108 Å². The van der Waals surface area contributed by atoms with Crippen molar-refractivity contribution in [2.24, 2.45) is 0 Å². The molecule has 126 valence electrons. The fraction of sp³-hybridized carbons (Fsp3) is 0.111. The average molecular weight is 336 g/mol. The molecule has 0 aliphatic carbocycles. The van der Waals surface area contributed by atoms with Gasteiger partial charge in [0.2, 0.25) is 0 Å². The molecule has 7 heteroatoms. The third kappa shape index (κ3) is 3.40. The van der Waals surface area contributed by atoms with Crippen molar-refractivity contribution in [2.75, 3.05) is 5.32 Å². The lowest BCUT2D eigenvalue weighted by Gasteiger charge is -2.09. The lowest BCUT2D eigenvalue weighted by molar-refractivity contribution is 0.102. The molecule has 3 aromatic rings. The van der Waals surface area contributed by atoms with Gasteiger partial charge in [-0.25, -0.2) is 4.98 Å². The SMILES string of the molecule is Cc1ccncc1C(=O)Nc1cnc(-c2cc(O)c(O)cc2C)cn1. The van der Waals surface area contributed by atoms with E-state index >= 15 is 0 Å². The van der Waals surface area contributed by atoms with E-state index in [1.165, 1.54) is 30.7 Å². The van der Waals surface area contributed by atoms with Crippen molar-refractivity contribution < 1.29 is 15.0 Å². The minimum atomic E-state index is -0.314. The van der Waals surface area contributed by atoms with Crippen LogP contribution in [0.2, 0.25) is 0 Å². The van der Waals surface area contributed by atoms with Crippen molar-refractivity contribution in [1.29, 1.82) is 0 Å². The largest absolute Gasteiger partial charge is 0.504 e. The molecule has 3 N–H and O–H groups in total. The molecule has 2 aromatic heterocycles. The first kappa shape index (κ1) is 16.4. The summed E-state index contributed by atoms with van der Waals surface area (Å²) in [6.07, 6.45) is 6.04. The molecule has 0 atom stereocenters. The monoisotopic (exact) mass is 336 g/mol. The molecule has 1 amide bonds. The number of benzene rings is 1. The van der Waals surface area contributed by atoms with Gasteiger partial charge in [-0.05, 0) is 43.2 Å². The van der Waals surface area contributed by atoms with Crippen LogP contribution >= 0.6 is 0 Å². The number of pyridine rings is 1. The Balaban J connectivity index is 1.82. The Morgan fingerprint density at radius 3 is 2.44 bits per heavy atom. The summed E-state index contributed by atoms with van der Waals surface area (Å²) in [4.78, 5) is 24.6. The van der Waals surface area contributed by atoms with Gasteiger partial charge in [-0.3, -0.25) is 14.8 Å². The van der Waals surface area contributed by atoms with Crippen LogP contribution in [0.4, 0.5) is 5.82 Å². The number of nitrogens with one attached hydrogen (secondary N) is 1. The quantitative estimate of drug-likeness (QED) is 0.635. The van der Waals surface area contributed by atoms with E-state index in [-0.39, 0.29) is 17.4 Å². The van der Waals surface area contributed by atoms with E-state index in [4.69, 9.17) is 0 Å². The van der Waals surface area contributed by atoms with Gasteiger partial charge in [0.15, 0.2) is 17.3 Å². The summed E-state index contributed by atoms with van der Waals surface area (Å²) >= 11 is 0. The first-order valence-corrected chi connectivity index (χ1v) is 7.52. The molecule has 1 aromatic carbocycles. The number of hydrogen-bond acceptors (Lipinski definition) is 6. The van der Waals surface area contributed by atoms with Crippen LogP contribution in [0.3, 0.4) is 0 Å². The number of carbonyl (C=O) groups is 1. The van der Waals surface area contributed by atoms with Crippen LogP contribution in [-0.2, 0) is 0 Å². The number of rotatable bonds is 3. The second kappa shape index (κ2) is 6.56. The van der Waals surface area contributed by atoms with Crippen LogP contribution in [0.15, 0.2) is 43.0 Å². The average Bonchev–Trinajstić information content (AvgIpc) is 2.59. The zero-order valence-corrected chi connectivity index (χ0v) is 13.7. The molecule has 25 heavy (non-hydrogen) atoms. The lowest BCUT2D eigenvalue weighted by Crippen LogP contribution is -2.14. The van der Waals surface area contributed by atoms with Gasteiger partial charge in [0.1, 0.15) is 0 Å².